The number of nitrogens with zero attached hydrogens (tertiary/aromatic N) is 1. The minimum atomic E-state index is -0.974. The molecule has 3 N–H and O–H groups in total. The van der Waals surface area contributed by atoms with Crippen molar-refractivity contribution in [2.24, 2.45) is 0 Å². The lowest BCUT2D eigenvalue weighted by molar-refractivity contribution is -0.138. The van der Waals surface area contributed by atoms with Crippen LogP contribution in [0.1, 0.15) is 26.7 Å². The van der Waals surface area contributed by atoms with E-state index in [1.807, 2.05) is 36.4 Å². The summed E-state index contributed by atoms with van der Waals surface area (Å²) >= 11 is 0. The van der Waals surface area contributed by atoms with Crippen LogP contribution in [-0.4, -0.2) is 48.1 Å². The van der Waals surface area contributed by atoms with E-state index in [1.54, 1.807) is 0 Å². The number of hydrogen-bond donors (Lipinski definition) is 3. The Balaban J connectivity index is 2.12. The molecule has 2 aromatic carbocycles. The number of fused-ring (bicyclic) bond motifs is 1. The minimum Gasteiger partial charge on any atom is -0.481 e. The normalized spacial score (nSPS) is 10.9. The van der Waals surface area contributed by atoms with E-state index >= 15 is 0 Å². The first-order valence-electron chi connectivity index (χ1n) is 9.04. The zero-order valence-corrected chi connectivity index (χ0v) is 15.4. The van der Waals surface area contributed by atoms with Gasteiger partial charge in [-0.3, -0.25) is 9.59 Å². The van der Waals surface area contributed by atoms with Gasteiger partial charge >= 0.3 is 5.97 Å². The molecule has 0 aliphatic carbocycles. The lowest BCUT2D eigenvalue weighted by Crippen LogP contribution is -2.28. The zero-order chi connectivity index (χ0) is 18.9. The Morgan fingerprint density at radius 2 is 1.58 bits per heavy atom. The van der Waals surface area contributed by atoms with Crippen molar-refractivity contribution in [3.8, 4) is 0 Å². The van der Waals surface area contributed by atoms with E-state index in [9.17, 15) is 9.59 Å². The number of anilines is 2. The Labute approximate surface area is 154 Å². The standard InChI is InChI=1S/C20H27N3O3/c1-3-23(4-2)14-13-21-17-9-10-18(16-8-6-5-7-15(16)17)22-19(24)11-12-20(25)26/h5-10,21H,3-4,11-14H2,1-2H3,(H,22,24)(H,25,26). The Bertz CT molecular complexity index is 757. The van der Waals surface area contributed by atoms with Crippen LogP contribution >= 0.6 is 0 Å². The molecule has 0 atom stereocenters. The van der Waals surface area contributed by atoms with Gasteiger partial charge in [0, 0.05) is 41.7 Å². The highest BCUT2D eigenvalue weighted by molar-refractivity contribution is 6.06. The maximum absolute atomic E-state index is 12.0. The lowest BCUT2D eigenvalue weighted by atomic mass is 10.1. The maximum atomic E-state index is 12.0. The van der Waals surface area contributed by atoms with Gasteiger partial charge < -0.3 is 20.6 Å². The predicted octanol–water partition coefficient (Wildman–Crippen LogP) is 3.40. The highest BCUT2D eigenvalue weighted by Crippen LogP contribution is 2.30. The molecule has 26 heavy (non-hydrogen) atoms. The third-order valence-corrected chi connectivity index (χ3v) is 4.40. The molecule has 0 aliphatic rings. The van der Waals surface area contributed by atoms with Crippen LogP contribution in [-0.2, 0) is 9.59 Å². The van der Waals surface area contributed by atoms with Gasteiger partial charge in [0.15, 0.2) is 0 Å². The molecule has 0 saturated carbocycles. The number of likely N-dealkylation sites (N-methyl/N-ethyl adjacent to an activating group) is 1. The van der Waals surface area contributed by atoms with Crippen molar-refractivity contribution in [1.29, 1.82) is 0 Å². The van der Waals surface area contributed by atoms with Gasteiger partial charge in [-0.15, -0.1) is 0 Å². The molecule has 1 amide bonds. The molecule has 2 aromatic rings. The number of carboxylic acid groups (broad SMARTS) is 1. The molecular weight excluding hydrogens is 330 g/mol. The van der Waals surface area contributed by atoms with Gasteiger partial charge in [-0.25, -0.2) is 0 Å². The summed E-state index contributed by atoms with van der Waals surface area (Å²) in [4.78, 5) is 24.9. The van der Waals surface area contributed by atoms with Crippen LogP contribution in [0.25, 0.3) is 10.8 Å². The molecule has 0 radical (unpaired) electrons. The lowest BCUT2D eigenvalue weighted by Gasteiger charge is -2.19. The predicted molar refractivity (Wildman–Crippen MR) is 106 cm³/mol. The second-order valence-corrected chi connectivity index (χ2v) is 6.10. The van der Waals surface area contributed by atoms with Crippen LogP contribution in [0.15, 0.2) is 36.4 Å². The first-order valence-corrected chi connectivity index (χ1v) is 9.04. The first kappa shape index (κ1) is 19.7. The van der Waals surface area contributed by atoms with Crippen LogP contribution < -0.4 is 10.6 Å². The number of rotatable bonds is 10. The number of carboxylic acids is 1. The summed E-state index contributed by atoms with van der Waals surface area (Å²) in [5, 5.41) is 17.0. The Morgan fingerprint density at radius 3 is 2.19 bits per heavy atom. The summed E-state index contributed by atoms with van der Waals surface area (Å²) in [6.07, 6.45) is -0.206. The minimum absolute atomic E-state index is 0.0342. The summed E-state index contributed by atoms with van der Waals surface area (Å²) in [7, 11) is 0. The average molecular weight is 357 g/mol. The number of carbonyl (C=O) groups excluding carboxylic acids is 1. The number of amides is 1. The first-order chi connectivity index (χ1) is 12.5. The molecule has 6 nitrogen and oxygen atoms in total. The van der Waals surface area contributed by atoms with Crippen LogP contribution in [0.2, 0.25) is 0 Å². The van der Waals surface area contributed by atoms with E-state index in [-0.39, 0.29) is 18.7 Å². The molecule has 0 unspecified atom stereocenters. The quantitative estimate of drug-likeness (QED) is 0.607. The number of nitrogens with one attached hydrogen (secondary N) is 2. The number of carbonyl (C=O) groups is 2. The van der Waals surface area contributed by atoms with Gasteiger partial charge in [-0.2, -0.15) is 0 Å². The fourth-order valence-corrected chi connectivity index (χ4v) is 2.88. The van der Waals surface area contributed by atoms with Crippen molar-refractivity contribution in [2.45, 2.75) is 26.7 Å². The van der Waals surface area contributed by atoms with Gasteiger partial charge in [-0.05, 0) is 25.2 Å². The maximum Gasteiger partial charge on any atom is 0.303 e. The molecule has 2 rings (SSSR count). The van der Waals surface area contributed by atoms with Crippen LogP contribution in [0.4, 0.5) is 11.4 Å². The molecule has 140 valence electrons. The molecule has 0 saturated heterocycles. The largest absolute Gasteiger partial charge is 0.481 e. The Hall–Kier alpha value is -2.60. The summed E-state index contributed by atoms with van der Waals surface area (Å²) < 4.78 is 0. The van der Waals surface area contributed by atoms with Crippen molar-refractivity contribution < 1.29 is 14.7 Å². The highest BCUT2D eigenvalue weighted by Gasteiger charge is 2.10. The molecule has 6 heteroatoms. The van der Waals surface area contributed by atoms with E-state index in [0.29, 0.717) is 5.69 Å². The third-order valence-electron chi connectivity index (χ3n) is 4.40. The average Bonchev–Trinajstić information content (AvgIpc) is 2.65. The van der Waals surface area contributed by atoms with Gasteiger partial charge in [0.1, 0.15) is 0 Å². The molecular formula is C20H27N3O3. The van der Waals surface area contributed by atoms with Crippen molar-refractivity contribution in [1.82, 2.24) is 4.90 Å². The van der Waals surface area contributed by atoms with Crippen molar-refractivity contribution >= 4 is 34.0 Å². The smallest absolute Gasteiger partial charge is 0.303 e. The second kappa shape index (κ2) is 9.77. The zero-order valence-electron chi connectivity index (χ0n) is 15.4. The summed E-state index contributed by atoms with van der Waals surface area (Å²) in [5.41, 5.74) is 1.72. The molecule has 0 aromatic heterocycles. The van der Waals surface area contributed by atoms with Gasteiger partial charge in [-0.1, -0.05) is 38.1 Å². The fourth-order valence-electron chi connectivity index (χ4n) is 2.88. The number of benzene rings is 2. The molecule has 0 spiro atoms. The van der Waals surface area contributed by atoms with E-state index < -0.39 is 5.97 Å². The van der Waals surface area contributed by atoms with Crippen molar-refractivity contribution in [3.05, 3.63) is 36.4 Å². The highest BCUT2D eigenvalue weighted by atomic mass is 16.4. The van der Waals surface area contributed by atoms with Gasteiger partial charge in [0.2, 0.25) is 5.91 Å². The number of aliphatic carboxylic acids is 1. The summed E-state index contributed by atoms with van der Waals surface area (Å²) in [6, 6.07) is 11.7. The number of hydrogen-bond acceptors (Lipinski definition) is 4. The van der Waals surface area contributed by atoms with Crippen molar-refractivity contribution in [2.75, 3.05) is 36.8 Å². The summed E-state index contributed by atoms with van der Waals surface area (Å²) in [6.45, 7) is 8.17. The Morgan fingerprint density at radius 1 is 0.962 bits per heavy atom. The van der Waals surface area contributed by atoms with E-state index in [4.69, 9.17) is 5.11 Å². The monoisotopic (exact) mass is 357 g/mol. The molecule has 0 fully saturated rings. The summed E-state index contributed by atoms with van der Waals surface area (Å²) in [5.74, 6) is -1.27. The van der Waals surface area contributed by atoms with Gasteiger partial charge in [0.05, 0.1) is 6.42 Å². The fraction of sp³-hybridized carbons (Fsp3) is 0.400. The van der Waals surface area contributed by atoms with Crippen molar-refractivity contribution in [3.63, 3.8) is 0 Å². The van der Waals surface area contributed by atoms with Gasteiger partial charge in [0.25, 0.3) is 0 Å². The SMILES string of the molecule is CCN(CC)CCNc1ccc(NC(=O)CCC(=O)O)c2ccccc12. The van der Waals surface area contributed by atoms with E-state index in [1.165, 1.54) is 0 Å². The molecule has 0 aliphatic heterocycles. The molecule has 0 bridgehead atoms. The molecule has 0 heterocycles. The van der Waals surface area contributed by atoms with Crippen LogP contribution in [0, 0.1) is 0 Å². The second-order valence-electron chi connectivity index (χ2n) is 6.10. The van der Waals surface area contributed by atoms with Crippen LogP contribution in [0.5, 0.6) is 0 Å². The Kier molecular flexibility index (Phi) is 7.41. The topological polar surface area (TPSA) is 81.7 Å². The van der Waals surface area contributed by atoms with E-state index in [0.717, 1.165) is 42.6 Å². The van der Waals surface area contributed by atoms with E-state index in [2.05, 4.69) is 29.4 Å². The third kappa shape index (κ3) is 5.46. The van der Waals surface area contributed by atoms with Crippen LogP contribution in [0.3, 0.4) is 0 Å².